The van der Waals surface area contributed by atoms with Crippen molar-refractivity contribution in [2.24, 2.45) is 29.1 Å². The van der Waals surface area contributed by atoms with Crippen LogP contribution in [0.1, 0.15) is 11.1 Å². The number of carbonyl (C=O) groups excluding carboxylic acids is 4. The molecule has 0 heterocycles. The van der Waals surface area contributed by atoms with Gasteiger partial charge in [-0.2, -0.15) is 0 Å². The predicted molar refractivity (Wildman–Crippen MR) is 126 cm³/mol. The van der Waals surface area contributed by atoms with E-state index >= 15 is 0 Å². The van der Waals surface area contributed by atoms with Crippen molar-refractivity contribution in [1.29, 1.82) is 0 Å². The summed E-state index contributed by atoms with van der Waals surface area (Å²) in [5, 5.41) is 0. The number of benzene rings is 2. The van der Waals surface area contributed by atoms with Gasteiger partial charge in [-0.25, -0.2) is 0 Å². The zero-order chi connectivity index (χ0) is 26.1. The van der Waals surface area contributed by atoms with E-state index in [-0.39, 0.29) is 0 Å². The molecule has 2 aromatic rings. The third-order valence-corrected chi connectivity index (χ3v) is 7.35. The van der Waals surface area contributed by atoms with Crippen LogP contribution in [0.3, 0.4) is 0 Å². The minimum absolute atomic E-state index is 0.554. The molecule has 4 atom stereocenters. The van der Waals surface area contributed by atoms with Crippen molar-refractivity contribution in [2.75, 3.05) is 28.4 Å². The number of hydrogen-bond acceptors (Lipinski definition) is 8. The van der Waals surface area contributed by atoms with Crippen LogP contribution in [0.2, 0.25) is 0 Å². The molecule has 0 aliphatic heterocycles. The molecule has 2 aliphatic rings. The van der Waals surface area contributed by atoms with Gasteiger partial charge in [0.2, 0.25) is 0 Å². The fourth-order valence-electron chi connectivity index (χ4n) is 5.87. The molecular formula is C28H26O8. The lowest BCUT2D eigenvalue weighted by Gasteiger charge is -2.27. The van der Waals surface area contributed by atoms with Crippen LogP contribution in [0.25, 0.3) is 0 Å². The number of esters is 4. The Balaban J connectivity index is 2.06. The third-order valence-electron chi connectivity index (χ3n) is 7.35. The second-order valence-electron chi connectivity index (χ2n) is 8.72. The first-order valence-corrected chi connectivity index (χ1v) is 11.3. The van der Waals surface area contributed by atoms with E-state index < -0.39 is 58.4 Å². The molecule has 2 aliphatic carbocycles. The van der Waals surface area contributed by atoms with Crippen molar-refractivity contribution in [2.45, 2.75) is 5.41 Å². The molecule has 2 saturated carbocycles. The highest BCUT2D eigenvalue weighted by Gasteiger charge is 2.92. The molecule has 4 unspecified atom stereocenters. The maximum absolute atomic E-state index is 13.1. The van der Waals surface area contributed by atoms with Crippen molar-refractivity contribution in [3.63, 3.8) is 0 Å². The van der Waals surface area contributed by atoms with Gasteiger partial charge in [0.1, 0.15) is 0 Å². The Kier molecular flexibility index (Phi) is 6.59. The van der Waals surface area contributed by atoms with E-state index in [0.717, 1.165) is 0 Å². The molecule has 36 heavy (non-hydrogen) atoms. The van der Waals surface area contributed by atoms with Crippen molar-refractivity contribution in [3.05, 3.63) is 71.8 Å². The summed E-state index contributed by atoms with van der Waals surface area (Å²) < 4.78 is 20.3. The van der Waals surface area contributed by atoms with Gasteiger partial charge < -0.3 is 18.9 Å². The highest BCUT2D eigenvalue weighted by molar-refractivity contribution is 5.99. The van der Waals surface area contributed by atoms with Crippen molar-refractivity contribution in [1.82, 2.24) is 0 Å². The lowest BCUT2D eigenvalue weighted by atomic mass is 9.73. The maximum atomic E-state index is 13.1. The topological polar surface area (TPSA) is 105 Å². The van der Waals surface area contributed by atoms with Gasteiger partial charge in [0.05, 0.1) is 57.5 Å². The first-order valence-electron chi connectivity index (χ1n) is 11.3. The molecular weight excluding hydrogens is 464 g/mol. The van der Waals surface area contributed by atoms with Gasteiger partial charge in [0.25, 0.3) is 0 Å². The Morgan fingerprint density at radius 2 is 1.00 bits per heavy atom. The summed E-state index contributed by atoms with van der Waals surface area (Å²) in [6.45, 7) is 0. The van der Waals surface area contributed by atoms with Gasteiger partial charge in [-0.15, -0.1) is 0 Å². The van der Waals surface area contributed by atoms with Crippen molar-refractivity contribution in [3.8, 4) is 11.8 Å². The number of rotatable bonds is 6. The number of methoxy groups -OCH3 is 4. The minimum atomic E-state index is -1.51. The number of ether oxygens (including phenoxy) is 4. The Hall–Kier alpha value is -4.12. The van der Waals surface area contributed by atoms with Crippen LogP contribution in [0.5, 0.6) is 0 Å². The highest BCUT2D eigenvalue weighted by atomic mass is 16.5. The zero-order valence-corrected chi connectivity index (χ0v) is 20.3. The van der Waals surface area contributed by atoms with E-state index in [2.05, 4.69) is 11.8 Å². The third kappa shape index (κ3) is 3.46. The largest absolute Gasteiger partial charge is 0.469 e. The van der Waals surface area contributed by atoms with Crippen LogP contribution in [0.15, 0.2) is 60.7 Å². The normalized spacial score (nSPS) is 29.6. The van der Waals surface area contributed by atoms with Gasteiger partial charge in [0.15, 0.2) is 0 Å². The van der Waals surface area contributed by atoms with E-state index in [1.165, 1.54) is 28.4 Å². The quantitative estimate of drug-likeness (QED) is 0.345. The summed E-state index contributed by atoms with van der Waals surface area (Å²) in [7, 11) is 4.86. The summed E-state index contributed by atoms with van der Waals surface area (Å²) in [5.41, 5.74) is -1.74. The Bertz CT molecular complexity index is 1200. The monoisotopic (exact) mass is 490 g/mol. The first-order chi connectivity index (χ1) is 17.4. The average molecular weight is 491 g/mol. The maximum Gasteiger partial charge on any atom is 0.311 e. The number of hydrogen-bond donors (Lipinski definition) is 0. The molecule has 2 fully saturated rings. The Labute approximate surface area is 208 Å². The molecule has 0 spiro atoms. The second kappa shape index (κ2) is 9.50. The van der Waals surface area contributed by atoms with Gasteiger partial charge in [0, 0.05) is 11.0 Å². The lowest BCUT2D eigenvalue weighted by Crippen LogP contribution is -2.34. The molecule has 2 aromatic carbocycles. The van der Waals surface area contributed by atoms with E-state index in [1.807, 2.05) is 6.07 Å². The molecule has 0 bridgehead atoms. The van der Waals surface area contributed by atoms with Crippen molar-refractivity contribution < 1.29 is 38.1 Å². The molecule has 8 heteroatoms. The standard InChI is InChI=1S/C28H26O8/c1-33-23(29)19-20(24(30)34-2)27(19,16-15-17-11-7-5-8-12-17)28(18-13-9-6-10-14-18)21(25(31)35-3)22(28)26(32)36-4/h5-14,19-22H,1-4H3. The van der Waals surface area contributed by atoms with Crippen LogP contribution in [0, 0.1) is 40.9 Å². The summed E-state index contributed by atoms with van der Waals surface area (Å²) in [5.74, 6) is -0.776. The second-order valence-corrected chi connectivity index (χ2v) is 8.72. The van der Waals surface area contributed by atoms with E-state index in [0.29, 0.717) is 11.1 Å². The first kappa shape index (κ1) is 25.0. The fourth-order valence-corrected chi connectivity index (χ4v) is 5.87. The van der Waals surface area contributed by atoms with E-state index in [9.17, 15) is 19.2 Å². The summed E-state index contributed by atoms with van der Waals surface area (Å²) in [6, 6.07) is 17.8. The molecule has 0 radical (unpaired) electrons. The van der Waals surface area contributed by atoms with Crippen LogP contribution < -0.4 is 0 Å². The summed E-state index contributed by atoms with van der Waals surface area (Å²) in [4.78, 5) is 52.4. The van der Waals surface area contributed by atoms with Gasteiger partial charge in [-0.1, -0.05) is 60.4 Å². The Morgan fingerprint density at radius 1 is 0.611 bits per heavy atom. The van der Waals surface area contributed by atoms with Gasteiger partial charge in [-0.3, -0.25) is 19.2 Å². The predicted octanol–water partition coefficient (Wildman–Crippen LogP) is 2.15. The molecule has 8 nitrogen and oxygen atoms in total. The van der Waals surface area contributed by atoms with E-state index in [4.69, 9.17) is 18.9 Å². The number of carbonyl (C=O) groups is 4. The lowest BCUT2D eigenvalue weighted by molar-refractivity contribution is -0.148. The molecule has 0 amide bonds. The van der Waals surface area contributed by atoms with Crippen LogP contribution >= 0.6 is 0 Å². The minimum Gasteiger partial charge on any atom is -0.469 e. The fraction of sp³-hybridized carbons (Fsp3) is 0.357. The van der Waals surface area contributed by atoms with Crippen LogP contribution in [0.4, 0.5) is 0 Å². The summed E-state index contributed by atoms with van der Waals surface area (Å²) in [6.07, 6.45) is 0. The highest BCUT2D eigenvalue weighted by Crippen LogP contribution is 2.81. The van der Waals surface area contributed by atoms with Crippen molar-refractivity contribution >= 4 is 23.9 Å². The van der Waals surface area contributed by atoms with Crippen LogP contribution in [-0.2, 0) is 43.5 Å². The zero-order valence-electron chi connectivity index (χ0n) is 20.3. The molecule has 0 saturated heterocycles. The smallest absolute Gasteiger partial charge is 0.311 e. The molecule has 186 valence electrons. The van der Waals surface area contributed by atoms with Gasteiger partial charge in [-0.05, 0) is 17.7 Å². The average Bonchev–Trinajstić information content (AvgIpc) is 3.82. The molecule has 0 aromatic heterocycles. The van der Waals surface area contributed by atoms with E-state index in [1.54, 1.807) is 54.6 Å². The molecule has 0 N–H and O–H groups in total. The Morgan fingerprint density at radius 3 is 1.42 bits per heavy atom. The van der Waals surface area contributed by atoms with Crippen LogP contribution in [-0.4, -0.2) is 52.3 Å². The van der Waals surface area contributed by atoms with Gasteiger partial charge >= 0.3 is 23.9 Å². The summed E-state index contributed by atoms with van der Waals surface area (Å²) >= 11 is 0. The SMILES string of the molecule is COC(=O)C1C(C(=O)OC)C1(C#Cc1ccccc1)C1(c2ccccc2)C(C(=O)OC)C1C(=O)OC. The molecule has 4 rings (SSSR count).